The second-order valence-electron chi connectivity index (χ2n) is 9.95. The number of nitro benzene ring substituents is 1. The summed E-state index contributed by atoms with van der Waals surface area (Å²) in [5.74, 6) is -1.72. The topological polar surface area (TPSA) is 159 Å². The van der Waals surface area contributed by atoms with Crippen molar-refractivity contribution in [1.82, 2.24) is 10.3 Å². The molecule has 3 N–H and O–H groups in total. The first kappa shape index (κ1) is 29.5. The molecule has 1 saturated heterocycles. The van der Waals surface area contributed by atoms with Crippen LogP contribution in [0.4, 0.5) is 11.4 Å². The zero-order chi connectivity index (χ0) is 31.7. The minimum Gasteiger partial charge on any atom is -0.478 e. The van der Waals surface area contributed by atoms with Gasteiger partial charge in [-0.15, -0.1) is 0 Å². The third-order valence-corrected chi connectivity index (χ3v) is 8.46. The fourth-order valence-corrected chi connectivity index (χ4v) is 6.21. The lowest BCUT2D eigenvalue weighted by atomic mass is 10.0. The van der Waals surface area contributed by atoms with Gasteiger partial charge in [-0.3, -0.25) is 15.1 Å². The minimum absolute atomic E-state index is 0.0243. The largest absolute Gasteiger partial charge is 0.478 e. The van der Waals surface area contributed by atoms with Crippen LogP contribution in [0.25, 0.3) is 11.3 Å². The zero-order valence-electron chi connectivity index (χ0n) is 23.1. The number of carboxylic acids is 2. The van der Waals surface area contributed by atoms with Crippen molar-refractivity contribution in [2.24, 2.45) is 0 Å². The molecule has 3 heterocycles. The maximum Gasteiger partial charge on any atom is 0.335 e. The maximum atomic E-state index is 11.7. The second kappa shape index (κ2) is 12.2. The fourth-order valence-electron chi connectivity index (χ4n) is 5.05. The van der Waals surface area contributed by atoms with Crippen molar-refractivity contribution < 1.29 is 29.1 Å². The van der Waals surface area contributed by atoms with Crippen molar-refractivity contribution in [2.75, 3.05) is 4.90 Å². The molecule has 5 aromatic rings. The van der Waals surface area contributed by atoms with Crippen molar-refractivity contribution in [3.63, 3.8) is 0 Å². The molecule has 2 atom stereocenters. The van der Waals surface area contributed by atoms with E-state index < -0.39 is 28.9 Å². The molecular formula is C32H22N4O7S2. The Bertz CT molecular complexity index is 1900. The number of hydrogen-bond donors (Lipinski definition) is 3. The van der Waals surface area contributed by atoms with Gasteiger partial charge in [-0.25, -0.2) is 9.59 Å². The Morgan fingerprint density at radius 3 is 2.13 bits per heavy atom. The minimum atomic E-state index is -1.26. The molecule has 0 aliphatic carbocycles. The SMILES string of the molecule is O=C(O)c1cc(C(=O)O)cc(-c2ccc([C@@H]3[C@@H](c4ccccn4)NC(=S)N3c3ccc(Sc4ccc([N+](=O)[O-])cc4)cc3)o2)c1. The van der Waals surface area contributed by atoms with Gasteiger partial charge in [0, 0.05) is 39.4 Å². The number of hydrogen-bond acceptors (Lipinski definition) is 8. The standard InChI is InChI=1S/C32H22N4O7S2/c37-30(38)19-15-18(16-20(17-19)31(39)40)26-12-13-27(43-26)29-28(25-3-1-2-14-33-25)34-32(44)35(29)21-4-8-23(9-5-21)45-24-10-6-22(7-11-24)36(41)42/h1-17,28-29H,(H,34,44)(H,37,38)(H,39,40)/t28-,29-/m1/s1. The number of benzene rings is 3. The Kier molecular flexibility index (Phi) is 8.02. The first-order chi connectivity index (χ1) is 21.7. The lowest BCUT2D eigenvalue weighted by molar-refractivity contribution is -0.384. The van der Waals surface area contributed by atoms with E-state index in [0.717, 1.165) is 27.2 Å². The van der Waals surface area contributed by atoms with Crippen LogP contribution in [0.3, 0.4) is 0 Å². The summed E-state index contributed by atoms with van der Waals surface area (Å²) >= 11 is 7.25. The summed E-state index contributed by atoms with van der Waals surface area (Å²) in [4.78, 5) is 42.1. The average Bonchev–Trinajstić information content (AvgIpc) is 3.66. The molecular weight excluding hydrogens is 617 g/mol. The summed E-state index contributed by atoms with van der Waals surface area (Å²) in [6.45, 7) is 0. The summed E-state index contributed by atoms with van der Waals surface area (Å²) in [6, 6.07) is 25.9. The predicted molar refractivity (Wildman–Crippen MR) is 170 cm³/mol. The Morgan fingerprint density at radius 2 is 1.56 bits per heavy atom. The molecule has 0 radical (unpaired) electrons. The summed E-state index contributed by atoms with van der Waals surface area (Å²) in [7, 11) is 0. The van der Waals surface area contributed by atoms with Crippen LogP contribution in [-0.2, 0) is 0 Å². The predicted octanol–water partition coefficient (Wildman–Crippen LogP) is 6.97. The van der Waals surface area contributed by atoms with E-state index >= 15 is 0 Å². The number of carboxylic acid groups (broad SMARTS) is 2. The lowest BCUT2D eigenvalue weighted by Crippen LogP contribution is -2.29. The van der Waals surface area contributed by atoms with Crippen molar-refractivity contribution in [1.29, 1.82) is 0 Å². The number of aromatic carboxylic acids is 2. The Morgan fingerprint density at radius 1 is 0.911 bits per heavy atom. The highest BCUT2D eigenvalue weighted by Gasteiger charge is 2.42. The zero-order valence-corrected chi connectivity index (χ0v) is 24.7. The van der Waals surface area contributed by atoms with Gasteiger partial charge in [-0.1, -0.05) is 17.8 Å². The van der Waals surface area contributed by atoms with Gasteiger partial charge in [0.15, 0.2) is 5.11 Å². The molecule has 0 unspecified atom stereocenters. The molecule has 13 heteroatoms. The molecule has 0 bridgehead atoms. The summed E-state index contributed by atoms with van der Waals surface area (Å²) in [5.41, 5.74) is 1.47. The van der Waals surface area contributed by atoms with E-state index in [1.54, 1.807) is 30.5 Å². The van der Waals surface area contributed by atoms with Crippen LogP contribution >= 0.6 is 24.0 Å². The molecule has 11 nitrogen and oxygen atoms in total. The van der Waals surface area contributed by atoms with E-state index in [0.29, 0.717) is 22.2 Å². The third-order valence-electron chi connectivity index (χ3n) is 7.13. The normalized spacial score (nSPS) is 15.9. The van der Waals surface area contributed by atoms with Crippen molar-refractivity contribution >= 4 is 52.4 Å². The molecule has 224 valence electrons. The Labute approximate surface area is 265 Å². The van der Waals surface area contributed by atoms with E-state index in [9.17, 15) is 29.9 Å². The van der Waals surface area contributed by atoms with Gasteiger partial charge in [0.25, 0.3) is 5.69 Å². The summed E-state index contributed by atoms with van der Waals surface area (Å²) < 4.78 is 6.30. The smallest absolute Gasteiger partial charge is 0.335 e. The molecule has 0 amide bonds. The van der Waals surface area contributed by atoms with Crippen LogP contribution < -0.4 is 10.2 Å². The number of carbonyl (C=O) groups is 2. The van der Waals surface area contributed by atoms with Crippen LogP contribution in [0.5, 0.6) is 0 Å². The van der Waals surface area contributed by atoms with Crippen LogP contribution in [0.2, 0.25) is 0 Å². The number of nitrogens with zero attached hydrogens (tertiary/aromatic N) is 3. The number of anilines is 1. The molecule has 45 heavy (non-hydrogen) atoms. The van der Waals surface area contributed by atoms with E-state index in [-0.39, 0.29) is 16.8 Å². The molecule has 0 spiro atoms. The van der Waals surface area contributed by atoms with Crippen LogP contribution in [0.1, 0.15) is 44.3 Å². The van der Waals surface area contributed by atoms with Crippen molar-refractivity contribution in [3.05, 3.63) is 136 Å². The molecule has 3 aromatic carbocycles. The first-order valence-corrected chi connectivity index (χ1v) is 14.7. The van der Waals surface area contributed by atoms with Gasteiger partial charge < -0.3 is 24.8 Å². The second-order valence-corrected chi connectivity index (χ2v) is 11.5. The number of aromatic nitrogens is 1. The van der Waals surface area contributed by atoms with Gasteiger partial charge in [-0.2, -0.15) is 0 Å². The van der Waals surface area contributed by atoms with Gasteiger partial charge in [0.2, 0.25) is 0 Å². The molecule has 1 aliphatic rings. The first-order valence-electron chi connectivity index (χ1n) is 13.4. The number of nitrogens with one attached hydrogen (secondary N) is 1. The van der Waals surface area contributed by atoms with Crippen molar-refractivity contribution in [3.8, 4) is 11.3 Å². The quantitative estimate of drug-likeness (QED) is 0.0865. The Hall–Kier alpha value is -5.53. The van der Waals surface area contributed by atoms with Crippen LogP contribution in [-0.4, -0.2) is 37.2 Å². The van der Waals surface area contributed by atoms with E-state index in [1.165, 1.54) is 36.0 Å². The summed E-state index contributed by atoms with van der Waals surface area (Å²) in [5, 5.41) is 33.8. The van der Waals surface area contributed by atoms with Crippen LogP contribution in [0.15, 0.2) is 117 Å². The maximum absolute atomic E-state index is 11.7. The summed E-state index contributed by atoms with van der Waals surface area (Å²) in [6.07, 6.45) is 1.68. The Balaban J connectivity index is 1.35. The van der Waals surface area contributed by atoms with Gasteiger partial charge in [-0.05, 0) is 91.1 Å². The monoisotopic (exact) mass is 638 g/mol. The van der Waals surface area contributed by atoms with Crippen molar-refractivity contribution in [2.45, 2.75) is 21.9 Å². The lowest BCUT2D eigenvalue weighted by Gasteiger charge is -2.26. The molecule has 1 fully saturated rings. The molecule has 2 aromatic heterocycles. The van der Waals surface area contributed by atoms with Crippen LogP contribution in [0, 0.1) is 10.1 Å². The molecule has 6 rings (SSSR count). The average molecular weight is 639 g/mol. The van der Waals surface area contributed by atoms with Gasteiger partial charge in [0.05, 0.1) is 27.8 Å². The number of nitro groups is 1. The van der Waals surface area contributed by atoms with E-state index in [4.69, 9.17) is 16.6 Å². The third kappa shape index (κ3) is 6.12. The van der Waals surface area contributed by atoms with Gasteiger partial charge >= 0.3 is 11.9 Å². The number of non-ortho nitro benzene ring substituents is 1. The highest BCUT2D eigenvalue weighted by molar-refractivity contribution is 7.99. The van der Waals surface area contributed by atoms with E-state index in [1.807, 2.05) is 47.4 Å². The number of rotatable bonds is 9. The highest BCUT2D eigenvalue weighted by Crippen LogP contribution is 2.43. The highest BCUT2D eigenvalue weighted by atomic mass is 32.2. The molecule has 1 aliphatic heterocycles. The fraction of sp³-hybridized carbons (Fsp3) is 0.0625. The number of furan rings is 1. The molecule has 0 saturated carbocycles. The van der Waals surface area contributed by atoms with E-state index in [2.05, 4.69) is 10.3 Å². The number of thiocarbonyl (C=S) groups is 1. The number of pyridine rings is 1. The van der Waals surface area contributed by atoms with Gasteiger partial charge in [0.1, 0.15) is 17.6 Å².